The Morgan fingerprint density at radius 2 is 1.91 bits per heavy atom. The number of rotatable bonds is 4. The van der Waals surface area contributed by atoms with Gasteiger partial charge in [0.2, 0.25) is 5.91 Å². The second-order valence-electron chi connectivity index (χ2n) is 5.65. The van der Waals surface area contributed by atoms with Crippen LogP contribution in [0.3, 0.4) is 0 Å². The lowest BCUT2D eigenvalue weighted by molar-refractivity contribution is -0.124. The highest BCUT2D eigenvalue weighted by Crippen LogP contribution is 2.29. The van der Waals surface area contributed by atoms with Crippen LogP contribution in [0.25, 0.3) is 0 Å². The first-order valence-electron chi connectivity index (χ1n) is 7.45. The van der Waals surface area contributed by atoms with Gasteiger partial charge >= 0.3 is 0 Å². The van der Waals surface area contributed by atoms with Crippen LogP contribution >= 0.6 is 0 Å². The molecule has 7 heteroatoms. The Morgan fingerprint density at radius 3 is 2.59 bits per heavy atom. The molecule has 0 bridgehead atoms. The summed E-state index contributed by atoms with van der Waals surface area (Å²) in [6.07, 6.45) is 3.90. The molecule has 0 spiro atoms. The second kappa shape index (κ2) is 5.72. The average Bonchev–Trinajstić information content (AvgIpc) is 3.10. The fourth-order valence-corrected chi connectivity index (χ4v) is 4.63. The molecular weight excluding hydrogens is 304 g/mol. The molecular formula is C15H18N2O4S. The van der Waals surface area contributed by atoms with Crippen molar-refractivity contribution >= 4 is 21.8 Å². The molecule has 2 amide bonds. The number of benzene rings is 1. The number of amides is 2. The maximum atomic E-state index is 12.3. The quantitative estimate of drug-likeness (QED) is 0.901. The minimum atomic E-state index is -3.78. The molecule has 0 aromatic heterocycles. The van der Waals surface area contributed by atoms with Crippen molar-refractivity contribution in [3.63, 3.8) is 0 Å². The van der Waals surface area contributed by atoms with E-state index in [9.17, 15) is 18.0 Å². The van der Waals surface area contributed by atoms with E-state index in [0.717, 1.165) is 30.0 Å². The van der Waals surface area contributed by atoms with Gasteiger partial charge in [0, 0.05) is 12.5 Å². The van der Waals surface area contributed by atoms with Gasteiger partial charge in [0.1, 0.15) is 4.90 Å². The molecule has 3 rings (SSSR count). The van der Waals surface area contributed by atoms with E-state index in [0.29, 0.717) is 0 Å². The number of nitrogens with zero attached hydrogens (tertiary/aromatic N) is 1. The summed E-state index contributed by atoms with van der Waals surface area (Å²) in [4.78, 5) is 24.1. The zero-order valence-electron chi connectivity index (χ0n) is 12.1. The zero-order valence-corrected chi connectivity index (χ0v) is 12.9. The first-order chi connectivity index (χ1) is 10.5. The second-order valence-corrected chi connectivity index (χ2v) is 7.48. The van der Waals surface area contributed by atoms with Gasteiger partial charge in [-0.05, 0) is 25.0 Å². The van der Waals surface area contributed by atoms with Gasteiger partial charge in [-0.2, -0.15) is 0 Å². The topological polar surface area (TPSA) is 83.6 Å². The van der Waals surface area contributed by atoms with Crippen LogP contribution in [0.2, 0.25) is 0 Å². The first kappa shape index (κ1) is 15.0. The Morgan fingerprint density at radius 1 is 1.23 bits per heavy atom. The highest BCUT2D eigenvalue weighted by molar-refractivity contribution is 7.90. The van der Waals surface area contributed by atoms with Crippen molar-refractivity contribution in [1.29, 1.82) is 0 Å². The Bertz CT molecular complexity index is 708. The van der Waals surface area contributed by atoms with Gasteiger partial charge < -0.3 is 5.32 Å². The Labute approximate surface area is 129 Å². The molecule has 1 saturated carbocycles. The molecule has 6 nitrogen and oxygen atoms in total. The molecule has 0 radical (unpaired) electrons. The number of carbonyl (C=O) groups excluding carboxylic acids is 2. The zero-order chi connectivity index (χ0) is 15.7. The molecule has 1 heterocycles. The normalized spacial score (nSPS) is 20.2. The van der Waals surface area contributed by atoms with E-state index >= 15 is 0 Å². The maximum absolute atomic E-state index is 12.3. The Hall–Kier alpha value is -1.89. The summed E-state index contributed by atoms with van der Waals surface area (Å²) in [6.45, 7) is 0.114. The van der Waals surface area contributed by atoms with Crippen LogP contribution in [0.4, 0.5) is 0 Å². The highest BCUT2D eigenvalue weighted by Gasteiger charge is 2.40. The minimum absolute atomic E-state index is 0.0306. The van der Waals surface area contributed by atoms with Gasteiger partial charge in [-0.15, -0.1) is 0 Å². The van der Waals surface area contributed by atoms with Crippen molar-refractivity contribution in [3.8, 4) is 0 Å². The number of nitrogens with one attached hydrogen (secondary N) is 1. The van der Waals surface area contributed by atoms with Crippen LogP contribution in [-0.2, 0) is 14.8 Å². The monoisotopic (exact) mass is 322 g/mol. The third-order valence-electron chi connectivity index (χ3n) is 4.25. The predicted molar refractivity (Wildman–Crippen MR) is 79.6 cm³/mol. The van der Waals surface area contributed by atoms with Gasteiger partial charge in [0.25, 0.3) is 15.9 Å². The van der Waals surface area contributed by atoms with Gasteiger partial charge in [-0.25, -0.2) is 12.7 Å². The van der Waals surface area contributed by atoms with E-state index in [4.69, 9.17) is 0 Å². The SMILES string of the molecule is O=C(NCCN1C(=O)c2ccccc2S1(=O)=O)C1CCCC1. The van der Waals surface area contributed by atoms with E-state index in [1.807, 2.05) is 0 Å². The lowest BCUT2D eigenvalue weighted by atomic mass is 10.1. The number of carbonyl (C=O) groups is 2. The fourth-order valence-electron chi connectivity index (χ4n) is 3.07. The minimum Gasteiger partial charge on any atom is -0.354 e. The van der Waals surface area contributed by atoms with Crippen molar-refractivity contribution < 1.29 is 18.0 Å². The summed E-state index contributed by atoms with van der Waals surface area (Å²) in [5.41, 5.74) is 0.199. The summed E-state index contributed by atoms with van der Waals surface area (Å²) >= 11 is 0. The number of hydrogen-bond donors (Lipinski definition) is 1. The predicted octanol–water partition coefficient (Wildman–Crippen LogP) is 1.14. The van der Waals surface area contributed by atoms with Crippen LogP contribution in [0, 0.1) is 5.92 Å². The van der Waals surface area contributed by atoms with Crippen molar-refractivity contribution in [1.82, 2.24) is 9.62 Å². The summed E-state index contributed by atoms with van der Waals surface area (Å²) in [6, 6.07) is 6.17. The van der Waals surface area contributed by atoms with E-state index in [2.05, 4.69) is 5.32 Å². The smallest absolute Gasteiger partial charge is 0.269 e. The number of sulfonamides is 1. The Kier molecular flexibility index (Phi) is 3.90. The maximum Gasteiger partial charge on any atom is 0.269 e. The van der Waals surface area contributed by atoms with Gasteiger partial charge in [-0.3, -0.25) is 9.59 Å². The van der Waals surface area contributed by atoms with Gasteiger partial charge in [0.05, 0.1) is 12.1 Å². The molecule has 1 fully saturated rings. The molecule has 22 heavy (non-hydrogen) atoms. The number of fused-ring (bicyclic) bond motifs is 1. The van der Waals surface area contributed by atoms with Gasteiger partial charge in [-0.1, -0.05) is 25.0 Å². The van der Waals surface area contributed by atoms with Crippen LogP contribution in [0.15, 0.2) is 29.2 Å². The lowest BCUT2D eigenvalue weighted by Gasteiger charge is -2.16. The molecule has 1 aromatic rings. The summed E-state index contributed by atoms with van der Waals surface area (Å²) in [7, 11) is -3.78. The molecule has 118 valence electrons. The summed E-state index contributed by atoms with van der Waals surface area (Å²) < 4.78 is 25.5. The first-order valence-corrected chi connectivity index (χ1v) is 8.89. The van der Waals surface area contributed by atoms with Crippen LogP contribution in [0.5, 0.6) is 0 Å². The molecule has 0 atom stereocenters. The third kappa shape index (κ3) is 2.49. The molecule has 1 aromatic carbocycles. The van der Waals surface area contributed by atoms with E-state index in [1.165, 1.54) is 12.1 Å². The van der Waals surface area contributed by atoms with Crippen LogP contribution < -0.4 is 5.32 Å². The van der Waals surface area contributed by atoms with Crippen molar-refractivity contribution in [3.05, 3.63) is 29.8 Å². The molecule has 0 saturated heterocycles. The summed E-state index contributed by atoms with van der Waals surface area (Å²) in [5.74, 6) is -0.534. The van der Waals surface area contributed by atoms with Crippen molar-refractivity contribution in [2.24, 2.45) is 5.92 Å². The molecule has 1 N–H and O–H groups in total. The van der Waals surface area contributed by atoms with Gasteiger partial charge in [0.15, 0.2) is 0 Å². The molecule has 1 aliphatic carbocycles. The number of hydrogen-bond acceptors (Lipinski definition) is 4. The Balaban J connectivity index is 1.64. The lowest BCUT2D eigenvalue weighted by Crippen LogP contribution is -2.39. The molecule has 0 unspecified atom stereocenters. The fraction of sp³-hybridized carbons (Fsp3) is 0.467. The third-order valence-corrected chi connectivity index (χ3v) is 6.09. The van der Waals surface area contributed by atoms with E-state index in [-0.39, 0.29) is 35.4 Å². The van der Waals surface area contributed by atoms with Crippen molar-refractivity contribution in [2.45, 2.75) is 30.6 Å². The summed E-state index contributed by atoms with van der Waals surface area (Å²) in [5, 5.41) is 2.74. The molecule has 1 aliphatic heterocycles. The van der Waals surface area contributed by atoms with Crippen LogP contribution in [-0.4, -0.2) is 37.6 Å². The molecule has 2 aliphatic rings. The average molecular weight is 322 g/mol. The van der Waals surface area contributed by atoms with E-state index in [1.54, 1.807) is 12.1 Å². The standard InChI is InChI=1S/C15H18N2O4S/c18-14(11-5-1-2-6-11)16-9-10-17-15(19)12-7-3-4-8-13(12)22(17,20)21/h3-4,7-8,11H,1-2,5-6,9-10H2,(H,16,18). The highest BCUT2D eigenvalue weighted by atomic mass is 32.2. The largest absolute Gasteiger partial charge is 0.354 e. The van der Waals surface area contributed by atoms with Crippen LogP contribution in [0.1, 0.15) is 36.0 Å². The van der Waals surface area contributed by atoms with E-state index < -0.39 is 15.9 Å². The van der Waals surface area contributed by atoms with Crippen molar-refractivity contribution in [2.75, 3.05) is 13.1 Å².